The number of hydrogen-bond acceptors (Lipinski definition) is 5. The lowest BCUT2D eigenvalue weighted by Gasteiger charge is -2.21. The van der Waals surface area contributed by atoms with Gasteiger partial charge in [-0.25, -0.2) is 14.6 Å². The van der Waals surface area contributed by atoms with Crippen LogP contribution in [0.1, 0.15) is 33.7 Å². The highest BCUT2D eigenvalue weighted by atomic mass is 19.4. The highest BCUT2D eigenvalue weighted by Crippen LogP contribution is 2.35. The molecular weight excluding hydrogens is 421 g/mol. The van der Waals surface area contributed by atoms with Crippen molar-refractivity contribution in [1.82, 2.24) is 24.6 Å². The van der Waals surface area contributed by atoms with Crippen LogP contribution in [-0.2, 0) is 12.7 Å². The maximum absolute atomic E-state index is 13.9. The van der Waals surface area contributed by atoms with E-state index in [1.165, 1.54) is 11.1 Å². The van der Waals surface area contributed by atoms with Crippen LogP contribution < -0.4 is 4.90 Å². The molecular formula is C22H17F3N6O. The van der Waals surface area contributed by atoms with Gasteiger partial charge in [-0.2, -0.15) is 18.3 Å². The number of carbonyl (C=O) groups excluding carboxylic acids is 1. The van der Waals surface area contributed by atoms with Crippen molar-refractivity contribution >= 4 is 11.6 Å². The Morgan fingerprint density at radius 2 is 1.97 bits per heavy atom. The molecule has 0 spiro atoms. The van der Waals surface area contributed by atoms with Gasteiger partial charge in [-0.3, -0.25) is 9.69 Å². The maximum atomic E-state index is 13.9. The molecule has 0 bridgehead atoms. The Morgan fingerprint density at radius 3 is 2.72 bits per heavy atom. The lowest BCUT2D eigenvalue weighted by atomic mass is 10.1. The molecule has 0 saturated carbocycles. The summed E-state index contributed by atoms with van der Waals surface area (Å²) in [4.78, 5) is 24.3. The van der Waals surface area contributed by atoms with Crippen LogP contribution in [0.25, 0.3) is 5.95 Å². The number of nitrogens with zero attached hydrogens (tertiary/aromatic N) is 6. The number of allylic oxidation sites excluding steroid dienone is 1. The van der Waals surface area contributed by atoms with Crippen molar-refractivity contribution < 1.29 is 18.0 Å². The number of aromatic nitrogens is 4. The second-order valence-corrected chi connectivity index (χ2v) is 7.47. The highest BCUT2D eigenvalue weighted by Gasteiger charge is 2.40. The van der Waals surface area contributed by atoms with Gasteiger partial charge in [0.15, 0.2) is 5.69 Å². The van der Waals surface area contributed by atoms with E-state index in [2.05, 4.69) is 15.1 Å². The van der Waals surface area contributed by atoms with E-state index in [-0.39, 0.29) is 5.95 Å². The summed E-state index contributed by atoms with van der Waals surface area (Å²) < 4.78 is 43.0. The van der Waals surface area contributed by atoms with E-state index in [4.69, 9.17) is 0 Å². The Hall–Kier alpha value is -3.95. The molecule has 2 aliphatic heterocycles. The maximum Gasteiger partial charge on any atom is 0.434 e. The topological polar surface area (TPSA) is 67.2 Å². The lowest BCUT2D eigenvalue weighted by Crippen LogP contribution is -2.30. The van der Waals surface area contributed by atoms with Crippen molar-refractivity contribution in [2.75, 3.05) is 4.90 Å². The summed E-state index contributed by atoms with van der Waals surface area (Å²) in [5, 5.41) is 4.05. The molecule has 1 aromatic carbocycles. The Balaban J connectivity index is 1.63. The van der Waals surface area contributed by atoms with E-state index in [1.54, 1.807) is 31.3 Å². The average molecular weight is 438 g/mol. The molecule has 10 heteroatoms. The summed E-state index contributed by atoms with van der Waals surface area (Å²) in [5.74, 6) is -1.11. The fourth-order valence-corrected chi connectivity index (χ4v) is 3.76. The molecule has 0 unspecified atom stereocenters. The molecule has 0 N–H and O–H groups in total. The Bertz CT molecular complexity index is 1280. The first-order valence-corrected chi connectivity index (χ1v) is 9.83. The minimum Gasteiger partial charge on any atom is -0.346 e. The van der Waals surface area contributed by atoms with Gasteiger partial charge in [0.2, 0.25) is 0 Å². The first-order valence-electron chi connectivity index (χ1n) is 9.83. The van der Waals surface area contributed by atoms with Crippen LogP contribution in [0, 0.1) is 6.92 Å². The average Bonchev–Trinajstić information content (AvgIpc) is 3.36. The largest absolute Gasteiger partial charge is 0.434 e. The number of halogens is 3. The lowest BCUT2D eigenvalue weighted by molar-refractivity contribution is -0.141. The first-order chi connectivity index (χ1) is 15.3. The molecule has 0 radical (unpaired) electrons. The third-order valence-electron chi connectivity index (χ3n) is 5.27. The summed E-state index contributed by atoms with van der Waals surface area (Å²) >= 11 is 0. The van der Waals surface area contributed by atoms with Gasteiger partial charge in [0.25, 0.3) is 11.9 Å². The molecule has 0 aliphatic carbocycles. The molecule has 2 aliphatic rings. The first kappa shape index (κ1) is 20.0. The molecule has 0 saturated heterocycles. The molecule has 2 aromatic heterocycles. The second kappa shape index (κ2) is 7.33. The number of hydrogen-bond donors (Lipinski definition) is 0. The zero-order valence-electron chi connectivity index (χ0n) is 16.9. The fraction of sp³-hybridized carbons (Fsp3) is 0.182. The number of anilines is 1. The van der Waals surface area contributed by atoms with E-state index in [0.717, 1.165) is 22.1 Å². The SMILES string of the molecule is Cc1ccn(-c2ncc(C(=O)N3C=C4CC=CN4Cc4ccccc43)c(C(F)(F)F)n2)n1. The third-order valence-corrected chi connectivity index (χ3v) is 5.27. The van der Waals surface area contributed by atoms with Gasteiger partial charge in [-0.05, 0) is 24.6 Å². The number of alkyl halides is 3. The van der Waals surface area contributed by atoms with Crippen LogP contribution in [-0.4, -0.2) is 30.6 Å². The molecule has 7 nitrogen and oxygen atoms in total. The monoisotopic (exact) mass is 438 g/mol. The van der Waals surface area contributed by atoms with Crippen LogP contribution in [0.15, 0.2) is 66.9 Å². The van der Waals surface area contributed by atoms with Gasteiger partial charge >= 0.3 is 6.18 Å². The van der Waals surface area contributed by atoms with Crippen molar-refractivity contribution in [3.05, 3.63) is 89.4 Å². The molecule has 5 rings (SSSR count). The summed E-state index contributed by atoms with van der Waals surface area (Å²) in [6, 6.07) is 8.76. The van der Waals surface area contributed by atoms with Gasteiger partial charge in [-0.15, -0.1) is 0 Å². The van der Waals surface area contributed by atoms with Crippen molar-refractivity contribution in [2.24, 2.45) is 0 Å². The smallest absolute Gasteiger partial charge is 0.346 e. The molecule has 32 heavy (non-hydrogen) atoms. The molecule has 0 fully saturated rings. The van der Waals surface area contributed by atoms with Gasteiger partial charge in [0.1, 0.15) is 0 Å². The number of aryl methyl sites for hydroxylation is 1. The number of carbonyl (C=O) groups is 1. The van der Waals surface area contributed by atoms with Crippen molar-refractivity contribution in [3.8, 4) is 5.95 Å². The Kier molecular flexibility index (Phi) is 4.58. The minimum absolute atomic E-state index is 0.261. The molecule has 1 amide bonds. The third kappa shape index (κ3) is 3.43. The molecule has 4 heterocycles. The fourth-order valence-electron chi connectivity index (χ4n) is 3.76. The van der Waals surface area contributed by atoms with Crippen LogP contribution in [0.3, 0.4) is 0 Å². The predicted octanol–water partition coefficient (Wildman–Crippen LogP) is 4.21. The summed E-state index contributed by atoms with van der Waals surface area (Å²) in [7, 11) is 0. The van der Waals surface area contributed by atoms with E-state index >= 15 is 0 Å². The normalized spacial score (nSPS) is 15.3. The Morgan fingerprint density at radius 1 is 1.16 bits per heavy atom. The number of rotatable bonds is 2. The van der Waals surface area contributed by atoms with Crippen molar-refractivity contribution in [2.45, 2.75) is 26.1 Å². The van der Waals surface area contributed by atoms with E-state index < -0.39 is 23.3 Å². The second-order valence-electron chi connectivity index (χ2n) is 7.47. The predicted molar refractivity (Wildman–Crippen MR) is 110 cm³/mol. The zero-order chi connectivity index (χ0) is 22.5. The number of para-hydroxylation sites is 1. The van der Waals surface area contributed by atoms with E-state index in [0.29, 0.717) is 24.3 Å². The number of amides is 1. The van der Waals surface area contributed by atoms with Crippen LogP contribution >= 0.6 is 0 Å². The summed E-state index contributed by atoms with van der Waals surface area (Å²) in [5.41, 5.74) is 0.820. The van der Waals surface area contributed by atoms with E-state index in [1.807, 2.05) is 29.3 Å². The summed E-state index contributed by atoms with van der Waals surface area (Å²) in [6.45, 7) is 2.22. The number of fused-ring (bicyclic) bond motifs is 2. The summed E-state index contributed by atoms with van der Waals surface area (Å²) in [6.07, 6.45) is 3.53. The molecule has 3 aromatic rings. The van der Waals surface area contributed by atoms with Crippen LogP contribution in [0.2, 0.25) is 0 Å². The van der Waals surface area contributed by atoms with Gasteiger partial charge in [0.05, 0.1) is 16.9 Å². The number of benzene rings is 1. The minimum atomic E-state index is -4.86. The van der Waals surface area contributed by atoms with Crippen LogP contribution in [0.4, 0.5) is 18.9 Å². The zero-order valence-corrected chi connectivity index (χ0v) is 16.9. The quantitative estimate of drug-likeness (QED) is 0.600. The Labute approximate surface area is 181 Å². The van der Waals surface area contributed by atoms with E-state index in [9.17, 15) is 18.0 Å². The van der Waals surface area contributed by atoms with Crippen molar-refractivity contribution in [1.29, 1.82) is 0 Å². The molecule has 162 valence electrons. The molecule has 0 atom stereocenters. The van der Waals surface area contributed by atoms with Crippen LogP contribution in [0.5, 0.6) is 0 Å². The highest BCUT2D eigenvalue weighted by molar-refractivity contribution is 6.08. The van der Waals surface area contributed by atoms with Crippen molar-refractivity contribution in [3.63, 3.8) is 0 Å². The van der Waals surface area contributed by atoms with Gasteiger partial charge in [0, 0.05) is 43.5 Å². The standard InChI is InChI=1S/C22H17F3N6O/c1-14-8-10-31(28-14)21-26-11-17(19(27-21)22(23,24)25)20(32)30-13-16-6-4-9-29(16)12-15-5-2-3-7-18(15)30/h2-5,7-11,13H,6,12H2,1H3. The van der Waals surface area contributed by atoms with Gasteiger partial charge < -0.3 is 4.90 Å². The van der Waals surface area contributed by atoms with Gasteiger partial charge in [-0.1, -0.05) is 24.3 Å².